The van der Waals surface area contributed by atoms with Crippen molar-refractivity contribution in [2.75, 3.05) is 5.75 Å². The van der Waals surface area contributed by atoms with Gasteiger partial charge in [0.1, 0.15) is 0 Å². The Morgan fingerprint density at radius 2 is 2.00 bits per heavy atom. The molecule has 0 aliphatic rings. The molecule has 0 aromatic heterocycles. The van der Waals surface area contributed by atoms with E-state index in [1.165, 1.54) is 4.90 Å². The van der Waals surface area contributed by atoms with Crippen LogP contribution in [0.5, 0.6) is 0 Å². The van der Waals surface area contributed by atoms with E-state index in [0.29, 0.717) is 0 Å². The second-order valence-electron chi connectivity index (χ2n) is 2.61. The SMILES string of the molecule is C#CCCCSc1ccc(Br)cc1. The van der Waals surface area contributed by atoms with Gasteiger partial charge in [-0.05, 0) is 36.4 Å². The van der Waals surface area contributed by atoms with Crippen molar-refractivity contribution in [3.05, 3.63) is 28.7 Å². The van der Waals surface area contributed by atoms with Crippen LogP contribution in [0.15, 0.2) is 33.6 Å². The first-order valence-electron chi connectivity index (χ1n) is 4.15. The molecule has 68 valence electrons. The lowest BCUT2D eigenvalue weighted by molar-refractivity contribution is 0.997. The molecule has 1 aromatic rings. The van der Waals surface area contributed by atoms with Gasteiger partial charge in [-0.3, -0.25) is 0 Å². The van der Waals surface area contributed by atoms with Crippen LogP contribution in [0.2, 0.25) is 0 Å². The van der Waals surface area contributed by atoms with Crippen LogP contribution >= 0.6 is 27.7 Å². The van der Waals surface area contributed by atoms with Gasteiger partial charge in [0.15, 0.2) is 0 Å². The molecule has 0 N–H and O–H groups in total. The number of unbranched alkanes of at least 4 members (excludes halogenated alkanes) is 1. The molecule has 1 rings (SSSR count). The van der Waals surface area contributed by atoms with Gasteiger partial charge in [-0.25, -0.2) is 0 Å². The van der Waals surface area contributed by atoms with E-state index in [4.69, 9.17) is 6.42 Å². The molecule has 0 radical (unpaired) electrons. The van der Waals surface area contributed by atoms with Crippen molar-refractivity contribution < 1.29 is 0 Å². The first-order valence-corrected chi connectivity index (χ1v) is 5.92. The smallest absolute Gasteiger partial charge is 0.0176 e. The van der Waals surface area contributed by atoms with Gasteiger partial charge in [0, 0.05) is 15.8 Å². The third-order valence-corrected chi connectivity index (χ3v) is 3.17. The van der Waals surface area contributed by atoms with E-state index < -0.39 is 0 Å². The normalized spacial score (nSPS) is 9.54. The predicted octanol–water partition coefficient (Wildman–Crippen LogP) is 3.95. The maximum absolute atomic E-state index is 5.16. The highest BCUT2D eigenvalue weighted by atomic mass is 79.9. The first kappa shape index (κ1) is 10.7. The van der Waals surface area contributed by atoms with Crippen molar-refractivity contribution >= 4 is 27.7 Å². The second kappa shape index (κ2) is 6.12. The minimum atomic E-state index is 0.879. The van der Waals surface area contributed by atoms with E-state index in [9.17, 15) is 0 Å². The van der Waals surface area contributed by atoms with Crippen molar-refractivity contribution in [2.45, 2.75) is 17.7 Å². The van der Waals surface area contributed by atoms with Crippen LogP contribution in [0.1, 0.15) is 12.8 Å². The molecule has 0 fully saturated rings. The lowest BCUT2D eigenvalue weighted by Gasteiger charge is -1.99. The fraction of sp³-hybridized carbons (Fsp3) is 0.273. The Hall–Kier alpha value is -0.390. The lowest BCUT2D eigenvalue weighted by Crippen LogP contribution is -1.78. The number of hydrogen-bond acceptors (Lipinski definition) is 1. The van der Waals surface area contributed by atoms with Crippen molar-refractivity contribution in [1.29, 1.82) is 0 Å². The Labute approximate surface area is 92.2 Å². The quantitative estimate of drug-likeness (QED) is 0.446. The third-order valence-electron chi connectivity index (χ3n) is 1.55. The highest BCUT2D eigenvalue weighted by Crippen LogP contribution is 2.21. The Bertz CT molecular complexity index is 284. The highest BCUT2D eigenvalue weighted by molar-refractivity contribution is 9.10. The van der Waals surface area contributed by atoms with Crippen LogP contribution in [0.4, 0.5) is 0 Å². The molecule has 0 saturated carbocycles. The molecule has 0 spiro atoms. The summed E-state index contributed by atoms with van der Waals surface area (Å²) in [4.78, 5) is 1.31. The van der Waals surface area contributed by atoms with E-state index in [1.807, 2.05) is 11.8 Å². The average molecular weight is 255 g/mol. The summed E-state index contributed by atoms with van der Waals surface area (Å²) < 4.78 is 1.13. The molecular formula is C11H11BrS. The summed E-state index contributed by atoms with van der Waals surface area (Å²) in [6, 6.07) is 8.35. The summed E-state index contributed by atoms with van der Waals surface area (Å²) in [5.41, 5.74) is 0. The molecule has 1 aromatic carbocycles. The Morgan fingerprint density at radius 1 is 1.31 bits per heavy atom. The van der Waals surface area contributed by atoms with E-state index >= 15 is 0 Å². The van der Waals surface area contributed by atoms with Crippen molar-refractivity contribution in [1.82, 2.24) is 0 Å². The maximum Gasteiger partial charge on any atom is 0.0176 e. The molecule has 0 unspecified atom stereocenters. The van der Waals surface area contributed by atoms with Crippen molar-refractivity contribution in [3.8, 4) is 12.3 Å². The molecule has 0 amide bonds. The third kappa shape index (κ3) is 4.40. The Balaban J connectivity index is 2.30. The standard InChI is InChI=1S/C11H11BrS/c1-2-3-4-9-13-11-7-5-10(12)6-8-11/h1,5-8H,3-4,9H2. The van der Waals surface area contributed by atoms with Gasteiger partial charge >= 0.3 is 0 Å². The van der Waals surface area contributed by atoms with Crippen LogP contribution in [0, 0.1) is 12.3 Å². The van der Waals surface area contributed by atoms with Crippen LogP contribution in [0.25, 0.3) is 0 Å². The van der Waals surface area contributed by atoms with Gasteiger partial charge in [-0.15, -0.1) is 24.1 Å². The molecule has 13 heavy (non-hydrogen) atoms. The van der Waals surface area contributed by atoms with E-state index in [1.54, 1.807) is 0 Å². The molecule has 0 bridgehead atoms. The largest absolute Gasteiger partial charge is 0.126 e. The number of terminal acetylenes is 1. The van der Waals surface area contributed by atoms with Gasteiger partial charge in [0.2, 0.25) is 0 Å². The molecule has 0 aliphatic carbocycles. The van der Waals surface area contributed by atoms with Crippen LogP contribution in [-0.4, -0.2) is 5.75 Å². The minimum absolute atomic E-state index is 0.879. The lowest BCUT2D eigenvalue weighted by atomic mass is 10.4. The zero-order valence-corrected chi connectivity index (χ0v) is 9.70. The maximum atomic E-state index is 5.16. The summed E-state index contributed by atoms with van der Waals surface area (Å²) in [5.74, 6) is 3.75. The highest BCUT2D eigenvalue weighted by Gasteiger charge is 1.92. The Morgan fingerprint density at radius 3 is 2.62 bits per heavy atom. The summed E-state index contributed by atoms with van der Waals surface area (Å²) in [6.45, 7) is 0. The van der Waals surface area contributed by atoms with Gasteiger partial charge in [0.05, 0.1) is 0 Å². The van der Waals surface area contributed by atoms with E-state index in [-0.39, 0.29) is 0 Å². The number of halogens is 1. The van der Waals surface area contributed by atoms with E-state index in [2.05, 4.69) is 46.1 Å². The van der Waals surface area contributed by atoms with Crippen LogP contribution in [-0.2, 0) is 0 Å². The van der Waals surface area contributed by atoms with Gasteiger partial charge < -0.3 is 0 Å². The molecule has 0 saturated heterocycles. The summed E-state index contributed by atoms with van der Waals surface area (Å²) in [6.07, 6.45) is 7.14. The molecule has 0 atom stereocenters. The van der Waals surface area contributed by atoms with E-state index in [0.717, 1.165) is 23.1 Å². The average Bonchev–Trinajstić information content (AvgIpc) is 2.15. The topological polar surface area (TPSA) is 0 Å². The number of rotatable bonds is 4. The minimum Gasteiger partial charge on any atom is -0.126 e. The fourth-order valence-corrected chi connectivity index (χ4v) is 2.01. The fourth-order valence-electron chi connectivity index (χ4n) is 0.895. The monoisotopic (exact) mass is 254 g/mol. The van der Waals surface area contributed by atoms with Crippen LogP contribution < -0.4 is 0 Å². The van der Waals surface area contributed by atoms with Crippen molar-refractivity contribution in [2.24, 2.45) is 0 Å². The summed E-state index contributed by atoms with van der Waals surface area (Å²) >= 11 is 5.26. The molecule has 0 aliphatic heterocycles. The van der Waals surface area contributed by atoms with Crippen molar-refractivity contribution in [3.63, 3.8) is 0 Å². The first-order chi connectivity index (χ1) is 6.33. The summed E-state index contributed by atoms with van der Waals surface area (Å²) in [7, 11) is 0. The zero-order valence-electron chi connectivity index (χ0n) is 7.29. The second-order valence-corrected chi connectivity index (χ2v) is 4.69. The van der Waals surface area contributed by atoms with Gasteiger partial charge in [0.25, 0.3) is 0 Å². The van der Waals surface area contributed by atoms with Crippen LogP contribution in [0.3, 0.4) is 0 Å². The number of benzene rings is 1. The Kier molecular flexibility index (Phi) is 5.03. The molecule has 0 heterocycles. The predicted molar refractivity (Wildman–Crippen MR) is 62.9 cm³/mol. The summed E-state index contributed by atoms with van der Waals surface area (Å²) in [5, 5.41) is 0. The number of thioether (sulfide) groups is 1. The molecular weight excluding hydrogens is 244 g/mol. The van der Waals surface area contributed by atoms with Gasteiger partial charge in [-0.1, -0.05) is 15.9 Å². The number of hydrogen-bond donors (Lipinski definition) is 0. The zero-order chi connectivity index (χ0) is 9.52. The molecule has 0 nitrogen and oxygen atoms in total. The van der Waals surface area contributed by atoms with Gasteiger partial charge in [-0.2, -0.15) is 0 Å². The molecule has 2 heteroatoms.